The second kappa shape index (κ2) is 8.87. The van der Waals surface area contributed by atoms with E-state index in [0.717, 1.165) is 0 Å². The van der Waals surface area contributed by atoms with Gasteiger partial charge in [0.15, 0.2) is 6.23 Å². The van der Waals surface area contributed by atoms with Gasteiger partial charge in [0.1, 0.15) is 30.5 Å². The van der Waals surface area contributed by atoms with Gasteiger partial charge in [0.25, 0.3) is 0 Å². The molecule has 2 amide bonds. The van der Waals surface area contributed by atoms with E-state index in [4.69, 9.17) is 9.84 Å². The van der Waals surface area contributed by atoms with Crippen LogP contribution in [0.5, 0.6) is 0 Å². The molecule has 1 fully saturated rings. The Labute approximate surface area is 148 Å². The molecule has 0 aromatic heterocycles. The lowest BCUT2D eigenvalue weighted by Crippen LogP contribution is -2.66. The number of rotatable bonds is 7. The van der Waals surface area contributed by atoms with Gasteiger partial charge in [0.2, 0.25) is 11.8 Å². The molecule has 1 rings (SSSR count). The SMILES string of the molecule is CC(=O)NC(C(=O)N[C@@H]1O[C@H](CO)[C@@H](O)[C@H](O)[C@H]1O)C(C)(C)SN=O. The maximum absolute atomic E-state index is 12.5. The zero-order valence-corrected chi connectivity index (χ0v) is 14.8. The van der Waals surface area contributed by atoms with Crippen molar-refractivity contribution in [2.75, 3.05) is 6.61 Å². The average molecular weight is 381 g/mol. The van der Waals surface area contributed by atoms with Gasteiger partial charge >= 0.3 is 0 Å². The molecule has 1 aliphatic rings. The van der Waals surface area contributed by atoms with Crippen LogP contribution in [0, 0.1) is 4.91 Å². The number of nitrogens with zero attached hydrogens (tertiary/aromatic N) is 1. The third kappa shape index (κ3) is 5.33. The van der Waals surface area contributed by atoms with E-state index >= 15 is 0 Å². The van der Waals surface area contributed by atoms with E-state index in [0.29, 0.717) is 11.9 Å². The molecule has 0 saturated carbocycles. The van der Waals surface area contributed by atoms with Gasteiger partial charge in [0, 0.05) is 23.5 Å². The Kier molecular flexibility index (Phi) is 7.71. The molecule has 25 heavy (non-hydrogen) atoms. The largest absolute Gasteiger partial charge is 0.394 e. The van der Waals surface area contributed by atoms with Gasteiger partial charge in [0.05, 0.1) is 11.4 Å². The number of nitroso groups, excluding NO2 is 1. The first-order chi connectivity index (χ1) is 11.5. The van der Waals surface area contributed by atoms with E-state index in [1.807, 2.05) is 0 Å². The van der Waals surface area contributed by atoms with E-state index in [-0.39, 0.29) is 0 Å². The Hall–Kier alpha value is -1.31. The molecule has 11 nitrogen and oxygen atoms in total. The fourth-order valence-corrected chi connectivity index (χ4v) is 2.81. The highest BCUT2D eigenvalue weighted by Gasteiger charge is 2.46. The van der Waals surface area contributed by atoms with E-state index in [1.54, 1.807) is 0 Å². The molecule has 6 atom stereocenters. The maximum Gasteiger partial charge on any atom is 0.246 e. The number of hydrogen-bond acceptors (Lipinski definition) is 10. The van der Waals surface area contributed by atoms with Crippen LogP contribution in [0.25, 0.3) is 0 Å². The van der Waals surface area contributed by atoms with Crippen molar-refractivity contribution in [2.45, 2.75) is 62.2 Å². The van der Waals surface area contributed by atoms with Crippen LogP contribution in [0.4, 0.5) is 0 Å². The fourth-order valence-electron chi connectivity index (χ4n) is 2.35. The van der Waals surface area contributed by atoms with Crippen molar-refractivity contribution < 1.29 is 34.8 Å². The minimum absolute atomic E-state index is 0.534. The molecule has 1 aliphatic heterocycles. The maximum atomic E-state index is 12.5. The predicted molar refractivity (Wildman–Crippen MR) is 87.0 cm³/mol. The van der Waals surface area contributed by atoms with Crippen molar-refractivity contribution >= 4 is 23.8 Å². The van der Waals surface area contributed by atoms with Gasteiger partial charge in [-0.2, -0.15) is 0 Å². The number of nitrogens with one attached hydrogen (secondary N) is 2. The van der Waals surface area contributed by atoms with Gasteiger partial charge in [-0.3, -0.25) is 9.59 Å². The van der Waals surface area contributed by atoms with E-state index in [9.17, 15) is 29.8 Å². The third-order valence-electron chi connectivity index (χ3n) is 3.75. The molecule has 6 N–H and O–H groups in total. The van der Waals surface area contributed by atoms with Crippen LogP contribution in [0.2, 0.25) is 0 Å². The number of aliphatic hydroxyl groups excluding tert-OH is 4. The lowest BCUT2D eigenvalue weighted by atomic mass is 9.97. The summed E-state index contributed by atoms with van der Waals surface area (Å²) in [6.45, 7) is 3.55. The summed E-state index contributed by atoms with van der Waals surface area (Å²) < 4.78 is 6.74. The number of carbonyl (C=O) groups is 2. The number of carbonyl (C=O) groups excluding carboxylic acids is 2. The topological polar surface area (TPSA) is 178 Å². The average Bonchev–Trinajstić information content (AvgIpc) is 2.52. The number of aliphatic hydroxyl groups is 4. The first-order valence-corrected chi connectivity index (χ1v) is 8.21. The summed E-state index contributed by atoms with van der Waals surface area (Å²) in [6, 6.07) is -1.21. The Balaban J connectivity index is 2.94. The van der Waals surface area contributed by atoms with Crippen LogP contribution in [0.15, 0.2) is 4.58 Å². The van der Waals surface area contributed by atoms with E-state index < -0.39 is 59.9 Å². The van der Waals surface area contributed by atoms with Gasteiger partial charge in [-0.05, 0) is 13.8 Å². The Bertz CT molecular complexity index is 504. The number of amides is 2. The highest BCUT2D eigenvalue weighted by molar-refractivity contribution is 7.99. The van der Waals surface area contributed by atoms with Crippen molar-refractivity contribution in [3.05, 3.63) is 4.91 Å². The monoisotopic (exact) mass is 381 g/mol. The van der Waals surface area contributed by atoms with Gasteiger partial charge < -0.3 is 35.8 Å². The summed E-state index contributed by atoms with van der Waals surface area (Å²) in [6.07, 6.45) is -7.52. The van der Waals surface area contributed by atoms with Crippen molar-refractivity contribution in [2.24, 2.45) is 4.58 Å². The van der Waals surface area contributed by atoms with Crippen LogP contribution in [-0.2, 0) is 14.3 Å². The second-order valence-corrected chi connectivity index (χ2v) is 7.54. The zero-order valence-electron chi connectivity index (χ0n) is 13.9. The molecule has 12 heteroatoms. The van der Waals surface area contributed by atoms with E-state index in [1.165, 1.54) is 20.8 Å². The lowest BCUT2D eigenvalue weighted by molar-refractivity contribution is -0.236. The molecule has 0 aromatic carbocycles. The summed E-state index contributed by atoms with van der Waals surface area (Å²) in [5.74, 6) is -1.34. The summed E-state index contributed by atoms with van der Waals surface area (Å²) >= 11 is 0.542. The normalized spacial score (nSPS) is 31.1. The van der Waals surface area contributed by atoms with Crippen molar-refractivity contribution in [3.63, 3.8) is 0 Å². The van der Waals surface area contributed by atoms with Crippen molar-refractivity contribution in [1.29, 1.82) is 0 Å². The smallest absolute Gasteiger partial charge is 0.246 e. The lowest BCUT2D eigenvalue weighted by Gasteiger charge is -2.41. The summed E-state index contributed by atoms with van der Waals surface area (Å²) in [5.41, 5.74) is 0. The standard InChI is InChI=1S/C13H23N3O8S/c1-5(18)14-10(13(2,3)25-16-23)11(22)15-12-9(21)8(20)7(19)6(4-17)24-12/h6-10,12,17,19-21H,4H2,1-3H3,(H,14,18)(H,15,22)/t6-,7-,8+,9-,10?,12-/m1/s1. The van der Waals surface area contributed by atoms with Crippen LogP contribution in [0.3, 0.4) is 0 Å². The van der Waals surface area contributed by atoms with Crippen LogP contribution >= 0.6 is 11.9 Å². The Morgan fingerprint density at radius 1 is 1.24 bits per heavy atom. The second-order valence-electron chi connectivity index (χ2n) is 6.16. The van der Waals surface area contributed by atoms with Gasteiger partial charge in [-0.15, -0.1) is 4.91 Å². The first kappa shape index (κ1) is 21.7. The molecule has 1 heterocycles. The highest BCUT2D eigenvalue weighted by atomic mass is 32.2. The first-order valence-electron chi connectivity index (χ1n) is 7.44. The Morgan fingerprint density at radius 2 is 1.84 bits per heavy atom. The zero-order chi connectivity index (χ0) is 19.4. The summed E-state index contributed by atoms with van der Waals surface area (Å²) in [7, 11) is 0. The quantitative estimate of drug-likeness (QED) is 0.207. The highest BCUT2D eigenvalue weighted by Crippen LogP contribution is 2.29. The Morgan fingerprint density at radius 3 is 2.32 bits per heavy atom. The molecule has 0 aliphatic carbocycles. The molecular weight excluding hydrogens is 358 g/mol. The molecule has 1 unspecified atom stereocenters. The van der Waals surface area contributed by atoms with Crippen molar-refractivity contribution in [1.82, 2.24) is 10.6 Å². The molecule has 0 bridgehead atoms. The minimum atomic E-state index is -1.67. The van der Waals surface area contributed by atoms with Gasteiger partial charge in [-0.25, -0.2) is 0 Å². The predicted octanol–water partition coefficient (Wildman–Crippen LogP) is -2.40. The van der Waals surface area contributed by atoms with Crippen LogP contribution in [0.1, 0.15) is 20.8 Å². The van der Waals surface area contributed by atoms with Crippen LogP contribution in [-0.4, -0.2) is 80.3 Å². The molecular formula is C13H23N3O8S. The minimum Gasteiger partial charge on any atom is -0.394 e. The van der Waals surface area contributed by atoms with Gasteiger partial charge in [-0.1, -0.05) is 0 Å². The summed E-state index contributed by atoms with van der Waals surface area (Å²) in [5, 5.41) is 43.2. The number of hydrogen-bond donors (Lipinski definition) is 6. The number of ether oxygens (including phenoxy) is 1. The third-order valence-corrected chi connectivity index (χ3v) is 4.54. The van der Waals surface area contributed by atoms with Crippen molar-refractivity contribution in [3.8, 4) is 0 Å². The molecule has 0 aromatic rings. The molecule has 0 radical (unpaired) electrons. The fraction of sp³-hybridized carbons (Fsp3) is 0.846. The summed E-state index contributed by atoms with van der Waals surface area (Å²) in [4.78, 5) is 34.4. The van der Waals surface area contributed by atoms with Crippen LogP contribution < -0.4 is 10.6 Å². The molecule has 0 spiro atoms. The van der Waals surface area contributed by atoms with E-state index in [2.05, 4.69) is 15.2 Å². The molecule has 144 valence electrons. The molecule has 1 saturated heterocycles.